The number of nitrogens with two attached hydrogens (primary N) is 1. The van der Waals surface area contributed by atoms with Crippen LogP contribution in [0.4, 0.5) is 0 Å². The number of hydrogen-bond donors (Lipinski definition) is 1. The van der Waals surface area contributed by atoms with Gasteiger partial charge < -0.3 is 10.6 Å². The monoisotopic (exact) mass is 302 g/mol. The molecule has 0 radical (unpaired) electrons. The molecule has 2 unspecified atom stereocenters. The molecule has 1 aliphatic heterocycles. The van der Waals surface area contributed by atoms with Crippen LogP contribution in [0.2, 0.25) is 0 Å². The van der Waals surface area contributed by atoms with Crippen LogP contribution < -0.4 is 11.4 Å². The normalized spacial score (nSPS) is 21.7. The standard InChI is InChI=1S/C16H22N4O2/c1-11-7-12(8-17)9-19(11)15(21)10-20-14-6-4-3-5-13(14)18(2)16(20)22/h3-6,11-12H,7-10,17H2,1-2H3. The van der Waals surface area contributed by atoms with Crippen molar-refractivity contribution in [3.05, 3.63) is 34.7 Å². The smallest absolute Gasteiger partial charge is 0.329 e. The molecule has 0 bridgehead atoms. The highest BCUT2D eigenvalue weighted by Gasteiger charge is 2.31. The Balaban J connectivity index is 1.89. The second-order valence-electron chi connectivity index (χ2n) is 6.15. The van der Waals surface area contributed by atoms with Crippen LogP contribution in [-0.4, -0.2) is 39.1 Å². The van der Waals surface area contributed by atoms with Crippen molar-refractivity contribution in [1.82, 2.24) is 14.0 Å². The third-order valence-electron chi connectivity index (χ3n) is 4.66. The third kappa shape index (κ3) is 2.33. The number of carbonyl (C=O) groups is 1. The lowest BCUT2D eigenvalue weighted by atomic mass is 10.1. The molecule has 1 aromatic carbocycles. The van der Waals surface area contributed by atoms with Crippen molar-refractivity contribution in [2.75, 3.05) is 13.1 Å². The average Bonchev–Trinajstić information content (AvgIpc) is 3.01. The van der Waals surface area contributed by atoms with Crippen molar-refractivity contribution in [3.63, 3.8) is 0 Å². The number of hydrogen-bond acceptors (Lipinski definition) is 3. The van der Waals surface area contributed by atoms with Crippen LogP contribution in [0.25, 0.3) is 11.0 Å². The van der Waals surface area contributed by atoms with Crippen LogP contribution in [0, 0.1) is 5.92 Å². The minimum absolute atomic E-state index is 0.0121. The van der Waals surface area contributed by atoms with Gasteiger partial charge in [0.1, 0.15) is 6.54 Å². The first-order valence-electron chi connectivity index (χ1n) is 7.66. The molecular weight excluding hydrogens is 280 g/mol. The second-order valence-corrected chi connectivity index (χ2v) is 6.15. The zero-order valence-electron chi connectivity index (χ0n) is 13.0. The number of nitrogens with zero attached hydrogens (tertiary/aromatic N) is 3. The number of rotatable bonds is 3. The fourth-order valence-corrected chi connectivity index (χ4v) is 3.40. The van der Waals surface area contributed by atoms with Crippen LogP contribution in [0.15, 0.2) is 29.1 Å². The number of likely N-dealkylation sites (tertiary alicyclic amines) is 1. The van der Waals surface area contributed by atoms with Gasteiger partial charge in [0.05, 0.1) is 11.0 Å². The maximum Gasteiger partial charge on any atom is 0.329 e. The van der Waals surface area contributed by atoms with Crippen LogP contribution >= 0.6 is 0 Å². The Morgan fingerprint density at radius 2 is 2.00 bits per heavy atom. The minimum atomic E-state index is -0.156. The number of fused-ring (bicyclic) bond motifs is 1. The van der Waals surface area contributed by atoms with E-state index in [9.17, 15) is 9.59 Å². The number of benzene rings is 1. The molecule has 0 saturated carbocycles. The Morgan fingerprint density at radius 3 is 2.64 bits per heavy atom. The number of aromatic nitrogens is 2. The number of imidazole rings is 1. The van der Waals surface area contributed by atoms with Gasteiger partial charge in [-0.2, -0.15) is 0 Å². The van der Waals surface area contributed by atoms with Gasteiger partial charge in [-0.15, -0.1) is 0 Å². The van der Waals surface area contributed by atoms with Crippen molar-refractivity contribution in [2.24, 2.45) is 18.7 Å². The Morgan fingerprint density at radius 1 is 1.32 bits per heavy atom. The van der Waals surface area contributed by atoms with Crippen molar-refractivity contribution in [2.45, 2.75) is 25.9 Å². The molecule has 2 atom stereocenters. The summed E-state index contributed by atoms with van der Waals surface area (Å²) in [6.45, 7) is 3.42. The molecule has 2 heterocycles. The predicted molar refractivity (Wildman–Crippen MR) is 85.5 cm³/mol. The van der Waals surface area contributed by atoms with E-state index in [0.717, 1.165) is 17.5 Å². The lowest BCUT2D eigenvalue weighted by molar-refractivity contribution is -0.132. The van der Waals surface area contributed by atoms with Crippen LogP contribution in [0.5, 0.6) is 0 Å². The highest BCUT2D eigenvalue weighted by Crippen LogP contribution is 2.22. The van der Waals surface area contributed by atoms with E-state index in [1.165, 1.54) is 0 Å². The van der Waals surface area contributed by atoms with Gasteiger partial charge >= 0.3 is 5.69 Å². The van der Waals surface area contributed by atoms with Gasteiger partial charge in [0, 0.05) is 19.6 Å². The summed E-state index contributed by atoms with van der Waals surface area (Å²) in [6.07, 6.45) is 0.937. The highest BCUT2D eigenvalue weighted by molar-refractivity contribution is 5.81. The summed E-state index contributed by atoms with van der Waals surface area (Å²) >= 11 is 0. The predicted octanol–water partition coefficient (Wildman–Crippen LogP) is 0.536. The van der Waals surface area contributed by atoms with E-state index in [-0.39, 0.29) is 24.2 Å². The van der Waals surface area contributed by atoms with E-state index >= 15 is 0 Å². The van der Waals surface area contributed by atoms with Gasteiger partial charge in [0.25, 0.3) is 0 Å². The molecule has 1 aliphatic rings. The molecule has 3 rings (SSSR count). The zero-order chi connectivity index (χ0) is 15.9. The van der Waals surface area contributed by atoms with E-state index in [0.29, 0.717) is 19.0 Å². The molecule has 2 aromatic rings. The lowest BCUT2D eigenvalue weighted by Gasteiger charge is -2.21. The Hall–Kier alpha value is -2.08. The summed E-state index contributed by atoms with van der Waals surface area (Å²) in [6, 6.07) is 7.72. The van der Waals surface area contributed by atoms with E-state index < -0.39 is 0 Å². The average molecular weight is 302 g/mol. The van der Waals surface area contributed by atoms with Gasteiger partial charge in [-0.25, -0.2) is 4.79 Å². The summed E-state index contributed by atoms with van der Waals surface area (Å²) in [4.78, 5) is 26.8. The van der Waals surface area contributed by atoms with Gasteiger partial charge in [-0.3, -0.25) is 13.9 Å². The minimum Gasteiger partial charge on any atom is -0.338 e. The zero-order valence-corrected chi connectivity index (χ0v) is 13.0. The van der Waals surface area contributed by atoms with Crippen molar-refractivity contribution >= 4 is 16.9 Å². The molecule has 6 nitrogen and oxygen atoms in total. The summed E-state index contributed by atoms with van der Waals surface area (Å²) in [7, 11) is 1.73. The first-order valence-corrected chi connectivity index (χ1v) is 7.66. The number of para-hydroxylation sites is 2. The Bertz CT molecular complexity index is 761. The van der Waals surface area contributed by atoms with Gasteiger partial charge in [-0.05, 0) is 37.9 Å². The van der Waals surface area contributed by atoms with Gasteiger partial charge in [0.15, 0.2) is 0 Å². The highest BCUT2D eigenvalue weighted by atomic mass is 16.2. The molecule has 22 heavy (non-hydrogen) atoms. The van der Waals surface area contributed by atoms with Gasteiger partial charge in [0.2, 0.25) is 5.91 Å². The van der Waals surface area contributed by atoms with Crippen LogP contribution in [-0.2, 0) is 18.4 Å². The second kappa shape index (κ2) is 5.61. The van der Waals surface area contributed by atoms with E-state index in [1.807, 2.05) is 36.1 Å². The van der Waals surface area contributed by atoms with E-state index in [1.54, 1.807) is 16.2 Å². The van der Waals surface area contributed by atoms with E-state index in [2.05, 4.69) is 0 Å². The first kappa shape index (κ1) is 14.8. The molecule has 1 aromatic heterocycles. The number of amides is 1. The maximum absolute atomic E-state index is 12.6. The first-order chi connectivity index (χ1) is 10.5. The fourth-order valence-electron chi connectivity index (χ4n) is 3.40. The Labute approximate surface area is 129 Å². The molecule has 0 aliphatic carbocycles. The number of aryl methyl sites for hydroxylation is 1. The number of carbonyl (C=O) groups excluding carboxylic acids is 1. The lowest BCUT2D eigenvalue weighted by Crippen LogP contribution is -2.39. The maximum atomic E-state index is 12.6. The summed E-state index contributed by atoms with van der Waals surface area (Å²) < 4.78 is 3.14. The Kier molecular flexibility index (Phi) is 3.78. The van der Waals surface area contributed by atoms with Crippen LogP contribution in [0.3, 0.4) is 0 Å². The molecule has 118 valence electrons. The topological polar surface area (TPSA) is 73.3 Å². The summed E-state index contributed by atoms with van der Waals surface area (Å²) in [5.41, 5.74) is 7.20. The summed E-state index contributed by atoms with van der Waals surface area (Å²) in [5.74, 6) is 0.352. The van der Waals surface area contributed by atoms with Crippen molar-refractivity contribution in [1.29, 1.82) is 0 Å². The molecule has 1 saturated heterocycles. The third-order valence-corrected chi connectivity index (χ3v) is 4.66. The molecule has 1 amide bonds. The molecule has 1 fully saturated rings. The SMILES string of the molecule is CC1CC(CN)CN1C(=O)Cn1c(=O)n(C)c2ccccc21. The fraction of sp³-hybridized carbons (Fsp3) is 0.500. The molecule has 6 heteroatoms. The largest absolute Gasteiger partial charge is 0.338 e. The van der Waals surface area contributed by atoms with Crippen LogP contribution in [0.1, 0.15) is 13.3 Å². The molecular formula is C16H22N4O2. The molecule has 0 spiro atoms. The van der Waals surface area contributed by atoms with Gasteiger partial charge in [-0.1, -0.05) is 12.1 Å². The van der Waals surface area contributed by atoms with E-state index in [4.69, 9.17) is 5.73 Å². The van der Waals surface area contributed by atoms with Crippen molar-refractivity contribution < 1.29 is 4.79 Å². The van der Waals surface area contributed by atoms with Crippen molar-refractivity contribution in [3.8, 4) is 0 Å². The molecule has 2 N–H and O–H groups in total. The quantitative estimate of drug-likeness (QED) is 0.899. The summed E-state index contributed by atoms with van der Waals surface area (Å²) in [5, 5.41) is 0.